The van der Waals surface area contributed by atoms with Gasteiger partial charge in [-0.15, -0.1) is 0 Å². The van der Waals surface area contributed by atoms with E-state index in [1.54, 1.807) is 0 Å². The van der Waals surface area contributed by atoms with Crippen LogP contribution in [0.2, 0.25) is 0 Å². The second-order valence-corrected chi connectivity index (χ2v) is 4.14. The maximum atomic E-state index is 13.0. The largest absolute Gasteiger partial charge is 0.471 e. The highest BCUT2D eigenvalue weighted by molar-refractivity contribution is 5.94. The molecule has 1 aromatic heterocycles. The molecule has 1 aromatic rings. The van der Waals surface area contributed by atoms with Crippen LogP contribution in [-0.2, 0) is 4.74 Å². The van der Waals surface area contributed by atoms with E-state index >= 15 is 0 Å². The van der Waals surface area contributed by atoms with Crippen LogP contribution >= 0.6 is 0 Å². The molecular formula is C11H9F7N2O3. The summed E-state index contributed by atoms with van der Waals surface area (Å²) in [6.45, 7) is -2.30. The van der Waals surface area contributed by atoms with Crippen molar-refractivity contribution < 1.29 is 45.0 Å². The first-order valence-corrected chi connectivity index (χ1v) is 5.63. The van der Waals surface area contributed by atoms with Gasteiger partial charge < -0.3 is 15.2 Å². The summed E-state index contributed by atoms with van der Waals surface area (Å²) in [5, 5.41) is 0. The standard InChI is InChI=1S/C11H9F7N2O3/c1-22-8(21)5-2-3-6(20-7(5)19)23-4-9(12,13)10(14,15)11(16,17)18/h2-3H,4H2,1H3,(H2,19,20). The molecule has 0 aliphatic carbocycles. The molecule has 0 radical (unpaired) electrons. The fourth-order valence-corrected chi connectivity index (χ4v) is 1.28. The van der Waals surface area contributed by atoms with Crippen LogP contribution in [0.3, 0.4) is 0 Å². The molecule has 0 saturated carbocycles. The van der Waals surface area contributed by atoms with Crippen LogP contribution < -0.4 is 10.5 Å². The minimum Gasteiger partial charge on any atom is -0.471 e. The van der Waals surface area contributed by atoms with Gasteiger partial charge in [0.2, 0.25) is 5.88 Å². The predicted molar refractivity (Wildman–Crippen MR) is 61.4 cm³/mol. The number of carbonyl (C=O) groups is 1. The molecule has 1 rings (SSSR count). The number of anilines is 1. The number of pyridine rings is 1. The Bertz CT molecular complexity index is 589. The Morgan fingerprint density at radius 1 is 1.17 bits per heavy atom. The molecule has 0 atom stereocenters. The lowest BCUT2D eigenvalue weighted by Crippen LogP contribution is -2.54. The van der Waals surface area contributed by atoms with Gasteiger partial charge in [0.05, 0.1) is 7.11 Å². The topological polar surface area (TPSA) is 74.4 Å². The maximum Gasteiger partial charge on any atom is 0.460 e. The lowest BCUT2D eigenvalue weighted by molar-refractivity contribution is -0.358. The molecule has 12 heteroatoms. The molecule has 0 amide bonds. The Balaban J connectivity index is 2.90. The third-order valence-corrected chi connectivity index (χ3v) is 2.52. The Hall–Kier alpha value is -2.27. The maximum absolute atomic E-state index is 13.0. The van der Waals surface area contributed by atoms with E-state index in [1.165, 1.54) is 0 Å². The van der Waals surface area contributed by atoms with Crippen molar-refractivity contribution in [2.24, 2.45) is 0 Å². The number of hydrogen-bond acceptors (Lipinski definition) is 5. The summed E-state index contributed by atoms with van der Waals surface area (Å²) < 4.78 is 95.5. The highest BCUT2D eigenvalue weighted by atomic mass is 19.4. The second kappa shape index (κ2) is 6.08. The zero-order valence-electron chi connectivity index (χ0n) is 11.3. The number of nitrogens with two attached hydrogens (primary N) is 1. The molecule has 0 aliphatic heterocycles. The van der Waals surface area contributed by atoms with Gasteiger partial charge in [0.15, 0.2) is 6.61 Å². The quantitative estimate of drug-likeness (QED) is 0.653. The van der Waals surface area contributed by atoms with Gasteiger partial charge in [-0.2, -0.15) is 35.7 Å². The van der Waals surface area contributed by atoms with Crippen LogP contribution in [0.15, 0.2) is 12.1 Å². The SMILES string of the molecule is COC(=O)c1ccc(OCC(F)(F)C(F)(F)C(F)(F)F)nc1N. The fourth-order valence-electron chi connectivity index (χ4n) is 1.28. The molecule has 1 heterocycles. The summed E-state index contributed by atoms with van der Waals surface area (Å²) in [5.41, 5.74) is 5.01. The Morgan fingerprint density at radius 3 is 2.17 bits per heavy atom. The monoisotopic (exact) mass is 350 g/mol. The lowest BCUT2D eigenvalue weighted by Gasteiger charge is -2.27. The first kappa shape index (κ1) is 18.8. The van der Waals surface area contributed by atoms with Crippen molar-refractivity contribution in [1.29, 1.82) is 0 Å². The van der Waals surface area contributed by atoms with E-state index in [2.05, 4.69) is 14.5 Å². The number of nitrogen functional groups attached to an aromatic ring is 1. The Labute approximate surface area is 124 Å². The van der Waals surface area contributed by atoms with Gasteiger partial charge >= 0.3 is 24.0 Å². The van der Waals surface area contributed by atoms with Crippen molar-refractivity contribution in [1.82, 2.24) is 4.98 Å². The van der Waals surface area contributed by atoms with Gasteiger partial charge in [-0.1, -0.05) is 0 Å². The first-order valence-electron chi connectivity index (χ1n) is 5.63. The zero-order valence-corrected chi connectivity index (χ0v) is 11.3. The van der Waals surface area contributed by atoms with E-state index in [1.807, 2.05) is 0 Å². The summed E-state index contributed by atoms with van der Waals surface area (Å²) in [7, 11) is 1.02. The molecule has 0 spiro atoms. The predicted octanol–water partition coefficient (Wildman–Crippen LogP) is 2.66. The zero-order chi connectivity index (χ0) is 18.1. The highest BCUT2D eigenvalue weighted by Crippen LogP contribution is 2.46. The summed E-state index contributed by atoms with van der Waals surface area (Å²) in [4.78, 5) is 14.5. The normalized spacial score (nSPS) is 12.9. The van der Waals surface area contributed by atoms with E-state index < -0.39 is 42.3 Å². The average Bonchev–Trinajstić information content (AvgIpc) is 2.43. The van der Waals surface area contributed by atoms with E-state index in [4.69, 9.17) is 5.73 Å². The van der Waals surface area contributed by atoms with Crippen LogP contribution in [-0.4, -0.2) is 42.7 Å². The molecule has 2 N–H and O–H groups in total. The number of esters is 1. The van der Waals surface area contributed by atoms with E-state index in [9.17, 15) is 35.5 Å². The van der Waals surface area contributed by atoms with E-state index in [0.29, 0.717) is 0 Å². The Morgan fingerprint density at radius 2 is 1.74 bits per heavy atom. The number of methoxy groups -OCH3 is 1. The number of ether oxygens (including phenoxy) is 2. The van der Waals surface area contributed by atoms with Crippen molar-refractivity contribution in [3.05, 3.63) is 17.7 Å². The first-order chi connectivity index (χ1) is 10.3. The smallest absolute Gasteiger partial charge is 0.460 e. The third kappa shape index (κ3) is 3.74. The van der Waals surface area contributed by atoms with Crippen molar-refractivity contribution in [2.75, 3.05) is 19.5 Å². The fraction of sp³-hybridized carbons (Fsp3) is 0.455. The minimum absolute atomic E-state index is 0.271. The Kier molecular flexibility index (Phi) is 4.97. The number of aromatic nitrogens is 1. The van der Waals surface area contributed by atoms with Gasteiger partial charge in [-0.05, 0) is 6.07 Å². The summed E-state index contributed by atoms with van der Waals surface area (Å²) in [6.07, 6.45) is -6.46. The average molecular weight is 350 g/mol. The van der Waals surface area contributed by atoms with Gasteiger partial charge in [-0.3, -0.25) is 0 Å². The molecule has 0 bridgehead atoms. The van der Waals surface area contributed by atoms with Crippen molar-refractivity contribution in [2.45, 2.75) is 18.0 Å². The van der Waals surface area contributed by atoms with Crippen LogP contribution in [0, 0.1) is 0 Å². The number of hydrogen-bond donors (Lipinski definition) is 1. The molecule has 0 fully saturated rings. The van der Waals surface area contributed by atoms with Crippen LogP contribution in [0.4, 0.5) is 36.6 Å². The summed E-state index contributed by atoms with van der Waals surface area (Å²) >= 11 is 0. The van der Waals surface area contributed by atoms with Crippen molar-refractivity contribution >= 4 is 11.8 Å². The molecule has 0 saturated heterocycles. The lowest BCUT2D eigenvalue weighted by atomic mass is 10.2. The van der Waals surface area contributed by atoms with E-state index in [0.717, 1.165) is 19.2 Å². The number of carbonyl (C=O) groups excluding carboxylic acids is 1. The van der Waals surface area contributed by atoms with Crippen molar-refractivity contribution in [3.63, 3.8) is 0 Å². The molecule has 0 aliphatic rings. The summed E-state index contributed by atoms with van der Waals surface area (Å²) in [5.74, 6) is -14.1. The minimum atomic E-state index is -6.46. The molecule has 0 unspecified atom stereocenters. The number of alkyl halides is 7. The summed E-state index contributed by atoms with van der Waals surface area (Å²) in [6, 6.07) is 1.70. The van der Waals surface area contributed by atoms with E-state index in [-0.39, 0.29) is 5.56 Å². The van der Waals surface area contributed by atoms with Gasteiger partial charge in [0.25, 0.3) is 0 Å². The number of nitrogens with zero attached hydrogens (tertiary/aromatic N) is 1. The molecular weight excluding hydrogens is 341 g/mol. The van der Waals surface area contributed by atoms with Crippen LogP contribution in [0.1, 0.15) is 10.4 Å². The third-order valence-electron chi connectivity index (χ3n) is 2.52. The van der Waals surface area contributed by atoms with Gasteiger partial charge in [0, 0.05) is 6.07 Å². The number of halogens is 7. The molecule has 5 nitrogen and oxygen atoms in total. The van der Waals surface area contributed by atoms with Gasteiger partial charge in [0.1, 0.15) is 11.4 Å². The second-order valence-electron chi connectivity index (χ2n) is 4.14. The highest BCUT2D eigenvalue weighted by Gasteiger charge is 2.73. The number of rotatable bonds is 5. The molecule has 23 heavy (non-hydrogen) atoms. The van der Waals surface area contributed by atoms with Gasteiger partial charge in [-0.25, -0.2) is 4.79 Å². The van der Waals surface area contributed by atoms with Crippen LogP contribution in [0.5, 0.6) is 5.88 Å². The molecule has 0 aromatic carbocycles. The molecule has 130 valence electrons. The van der Waals surface area contributed by atoms with Crippen LogP contribution in [0.25, 0.3) is 0 Å². The van der Waals surface area contributed by atoms with Crippen molar-refractivity contribution in [3.8, 4) is 5.88 Å².